The van der Waals surface area contributed by atoms with E-state index in [2.05, 4.69) is 15.1 Å². The van der Waals surface area contributed by atoms with Gasteiger partial charge in [-0.05, 0) is 62.2 Å². The van der Waals surface area contributed by atoms with Crippen molar-refractivity contribution in [2.45, 2.75) is 39.7 Å². The van der Waals surface area contributed by atoms with Crippen LogP contribution < -0.4 is 16.0 Å². The van der Waals surface area contributed by atoms with Gasteiger partial charge in [-0.1, -0.05) is 11.2 Å². The first-order chi connectivity index (χ1) is 15.9. The molecular weight excluding hydrogens is 422 g/mol. The number of fused-ring (bicyclic) bond motifs is 1. The molecule has 1 atom stereocenters. The summed E-state index contributed by atoms with van der Waals surface area (Å²) >= 11 is 0. The Morgan fingerprint density at radius 3 is 2.67 bits per heavy atom. The van der Waals surface area contributed by atoms with Gasteiger partial charge in [-0.25, -0.2) is 0 Å². The topological polar surface area (TPSA) is 114 Å². The molecule has 1 fully saturated rings. The number of aromatic nitrogens is 4. The van der Waals surface area contributed by atoms with E-state index < -0.39 is 11.1 Å². The minimum atomic E-state index is -0.675. The Bertz CT molecular complexity index is 1510. The van der Waals surface area contributed by atoms with Crippen LogP contribution in [-0.4, -0.2) is 32.1 Å². The predicted octanol–water partition coefficient (Wildman–Crippen LogP) is 2.90. The number of hydrogen-bond acceptors (Lipinski definition) is 6. The zero-order valence-corrected chi connectivity index (χ0v) is 18.6. The number of rotatable bonds is 4. The highest BCUT2D eigenvalue weighted by atomic mass is 16.5. The van der Waals surface area contributed by atoms with Crippen molar-refractivity contribution in [1.29, 1.82) is 0 Å². The van der Waals surface area contributed by atoms with E-state index in [1.165, 1.54) is 10.1 Å². The Hall–Kier alpha value is -4.01. The van der Waals surface area contributed by atoms with Crippen LogP contribution >= 0.6 is 0 Å². The van der Waals surface area contributed by atoms with Crippen LogP contribution in [0.5, 0.6) is 0 Å². The first kappa shape index (κ1) is 20.9. The van der Waals surface area contributed by atoms with Gasteiger partial charge < -0.3 is 19.0 Å². The number of benzene rings is 2. The second kappa shape index (κ2) is 7.84. The maximum absolute atomic E-state index is 12.7. The monoisotopic (exact) mass is 445 g/mol. The zero-order valence-electron chi connectivity index (χ0n) is 18.6. The van der Waals surface area contributed by atoms with Gasteiger partial charge in [-0.2, -0.15) is 4.98 Å². The van der Waals surface area contributed by atoms with Crippen molar-refractivity contribution in [2.24, 2.45) is 0 Å². The maximum Gasteiger partial charge on any atom is 0.316 e. The second-order valence-corrected chi connectivity index (χ2v) is 8.37. The molecule has 0 aliphatic carbocycles. The highest BCUT2D eigenvalue weighted by Gasteiger charge is 2.35. The third kappa shape index (κ3) is 3.55. The van der Waals surface area contributed by atoms with Gasteiger partial charge in [0.25, 0.3) is 0 Å². The van der Waals surface area contributed by atoms with Gasteiger partial charge in [0.15, 0.2) is 0 Å². The fourth-order valence-electron chi connectivity index (χ4n) is 4.27. The van der Waals surface area contributed by atoms with Gasteiger partial charge in [-0.15, -0.1) is 0 Å². The minimum absolute atomic E-state index is 0.0174. The molecule has 9 nitrogen and oxygen atoms in total. The highest BCUT2D eigenvalue weighted by Crippen LogP contribution is 2.33. The lowest BCUT2D eigenvalue weighted by atomic mass is 10.1. The molecule has 5 rings (SSSR count). The Kier molecular flexibility index (Phi) is 4.96. The summed E-state index contributed by atoms with van der Waals surface area (Å²) in [6.45, 7) is 6.73. The zero-order chi connectivity index (χ0) is 23.3. The average molecular weight is 445 g/mol. The summed E-state index contributed by atoms with van der Waals surface area (Å²) in [5, 5.41) is 4.09. The third-order valence-electron chi connectivity index (χ3n) is 6.27. The van der Waals surface area contributed by atoms with E-state index >= 15 is 0 Å². The highest BCUT2D eigenvalue weighted by molar-refractivity contribution is 5.96. The van der Waals surface area contributed by atoms with Crippen molar-refractivity contribution in [1.82, 2.24) is 19.7 Å². The predicted molar refractivity (Wildman–Crippen MR) is 123 cm³/mol. The summed E-state index contributed by atoms with van der Waals surface area (Å²) < 4.78 is 6.93. The smallest absolute Gasteiger partial charge is 0.316 e. The number of H-pyrrole nitrogens is 1. The van der Waals surface area contributed by atoms with E-state index in [0.717, 1.165) is 11.3 Å². The number of nitrogens with zero attached hydrogens (tertiary/aromatic N) is 4. The van der Waals surface area contributed by atoms with Crippen molar-refractivity contribution in [2.75, 3.05) is 11.4 Å². The standard InChI is InChI=1S/C24H23N5O4/c1-4-28-19-8-6-15(10-18(19)25-22(31)24(28)32)21-26-23(33-27-21)16-11-20(30)29(12-16)17-7-5-13(2)14(3)9-17/h5-10,16H,4,11-12H2,1-3H3,(H,25,31)/t16-/m0/s1. The van der Waals surface area contributed by atoms with Gasteiger partial charge in [0.05, 0.1) is 17.0 Å². The maximum atomic E-state index is 12.7. The summed E-state index contributed by atoms with van der Waals surface area (Å²) in [7, 11) is 0. The Morgan fingerprint density at radius 2 is 1.91 bits per heavy atom. The molecule has 168 valence electrons. The molecule has 33 heavy (non-hydrogen) atoms. The lowest BCUT2D eigenvalue weighted by molar-refractivity contribution is -0.117. The summed E-state index contributed by atoms with van der Waals surface area (Å²) in [5.41, 5.74) is 3.70. The number of hydrogen-bond donors (Lipinski definition) is 1. The van der Waals surface area contributed by atoms with Crippen molar-refractivity contribution >= 4 is 22.6 Å². The molecule has 0 saturated carbocycles. The van der Waals surface area contributed by atoms with Crippen molar-refractivity contribution in [3.63, 3.8) is 0 Å². The first-order valence-corrected chi connectivity index (χ1v) is 10.8. The number of aryl methyl sites for hydroxylation is 3. The molecule has 4 aromatic rings. The van der Waals surface area contributed by atoms with E-state index in [4.69, 9.17) is 4.52 Å². The minimum Gasteiger partial charge on any atom is -0.339 e. The number of amides is 1. The lowest BCUT2D eigenvalue weighted by Crippen LogP contribution is -2.35. The Morgan fingerprint density at radius 1 is 1.09 bits per heavy atom. The van der Waals surface area contributed by atoms with Gasteiger partial charge in [-0.3, -0.25) is 14.4 Å². The summed E-state index contributed by atoms with van der Waals surface area (Å²) in [6.07, 6.45) is 0.294. The number of nitrogens with one attached hydrogen (secondary N) is 1. The Balaban J connectivity index is 1.43. The van der Waals surface area contributed by atoms with Crippen LogP contribution in [0.4, 0.5) is 5.69 Å². The molecule has 2 aromatic heterocycles. The molecule has 1 N–H and O–H groups in total. The molecule has 0 radical (unpaired) electrons. The van der Waals surface area contributed by atoms with Crippen molar-refractivity contribution in [3.05, 3.63) is 74.1 Å². The van der Waals surface area contributed by atoms with E-state index in [1.54, 1.807) is 23.1 Å². The van der Waals surface area contributed by atoms with E-state index in [1.807, 2.05) is 39.0 Å². The van der Waals surface area contributed by atoms with Crippen LogP contribution in [0.25, 0.3) is 22.4 Å². The van der Waals surface area contributed by atoms with Crippen molar-refractivity contribution in [3.8, 4) is 11.4 Å². The van der Waals surface area contributed by atoms with Crippen LogP contribution in [0.3, 0.4) is 0 Å². The van der Waals surface area contributed by atoms with Crippen molar-refractivity contribution < 1.29 is 9.32 Å². The normalized spacial score (nSPS) is 16.2. The van der Waals surface area contributed by atoms with E-state index in [9.17, 15) is 14.4 Å². The number of carbonyl (C=O) groups excluding carboxylic acids is 1. The molecule has 3 heterocycles. The number of anilines is 1. The Labute approximate surface area is 188 Å². The molecular formula is C24H23N5O4. The molecule has 1 amide bonds. The SMILES string of the molecule is CCn1c(=O)c(=O)[nH]c2cc(-c3noc([C@H]4CC(=O)N(c5ccc(C)c(C)c5)C4)n3)ccc21. The second-order valence-electron chi connectivity index (χ2n) is 8.37. The molecule has 0 spiro atoms. The van der Waals surface area contributed by atoms with Gasteiger partial charge >= 0.3 is 11.1 Å². The first-order valence-electron chi connectivity index (χ1n) is 10.8. The fraction of sp³-hybridized carbons (Fsp3) is 0.292. The molecule has 1 aliphatic rings. The van der Waals surface area contributed by atoms with E-state index in [-0.39, 0.29) is 11.8 Å². The lowest BCUT2D eigenvalue weighted by Gasteiger charge is -2.17. The van der Waals surface area contributed by atoms with Gasteiger partial charge in [0, 0.05) is 30.8 Å². The summed E-state index contributed by atoms with van der Waals surface area (Å²) in [4.78, 5) is 45.6. The van der Waals surface area contributed by atoms with Crippen LogP contribution in [-0.2, 0) is 11.3 Å². The molecule has 2 aromatic carbocycles. The quantitative estimate of drug-likeness (QED) is 0.483. The largest absolute Gasteiger partial charge is 0.339 e. The molecule has 1 saturated heterocycles. The van der Waals surface area contributed by atoms with Crippen LogP contribution in [0.15, 0.2) is 50.5 Å². The van der Waals surface area contributed by atoms with Crippen LogP contribution in [0, 0.1) is 13.8 Å². The fourth-order valence-corrected chi connectivity index (χ4v) is 4.27. The van der Waals surface area contributed by atoms with Crippen LogP contribution in [0.2, 0.25) is 0 Å². The molecule has 0 bridgehead atoms. The molecule has 9 heteroatoms. The number of aromatic amines is 1. The van der Waals surface area contributed by atoms with E-state index in [0.29, 0.717) is 47.8 Å². The average Bonchev–Trinajstić information content (AvgIpc) is 3.43. The molecule has 1 aliphatic heterocycles. The third-order valence-corrected chi connectivity index (χ3v) is 6.27. The van der Waals surface area contributed by atoms with Gasteiger partial charge in [0.1, 0.15) is 0 Å². The molecule has 0 unspecified atom stereocenters. The summed E-state index contributed by atoms with van der Waals surface area (Å²) in [6, 6.07) is 11.2. The van der Waals surface area contributed by atoms with Crippen LogP contribution in [0.1, 0.15) is 36.3 Å². The number of carbonyl (C=O) groups is 1. The summed E-state index contributed by atoms with van der Waals surface area (Å²) in [5.74, 6) is 0.575. The van der Waals surface area contributed by atoms with Gasteiger partial charge in [0.2, 0.25) is 17.6 Å².